The number of hydrogen-bond acceptors (Lipinski definition) is 3. The second kappa shape index (κ2) is 7.03. The number of amides is 2. The van der Waals surface area contributed by atoms with E-state index in [9.17, 15) is 9.59 Å². The molecule has 0 aromatic heterocycles. The lowest BCUT2D eigenvalue weighted by Crippen LogP contribution is -2.27. The molecule has 1 heterocycles. The fourth-order valence-electron chi connectivity index (χ4n) is 2.12. The molecule has 116 valence electrons. The third-order valence-corrected chi connectivity index (χ3v) is 5.26. The number of rotatable bonds is 3. The maximum atomic E-state index is 12.5. The summed E-state index contributed by atoms with van der Waals surface area (Å²) >= 11 is 7.72. The first-order valence-corrected chi connectivity index (χ1v) is 9.18. The van der Waals surface area contributed by atoms with Gasteiger partial charge in [-0.15, -0.1) is 0 Å². The van der Waals surface area contributed by atoms with Gasteiger partial charge in [-0.2, -0.15) is 0 Å². The Balaban J connectivity index is 1.79. The summed E-state index contributed by atoms with van der Waals surface area (Å²) in [5.74, 6) is -0.245. The van der Waals surface area contributed by atoms with Gasteiger partial charge in [0.1, 0.15) is 0 Å². The third kappa shape index (κ3) is 3.94. The maximum absolute atomic E-state index is 12.5. The van der Waals surface area contributed by atoms with Crippen LogP contribution in [0.15, 0.2) is 62.4 Å². The SMILES string of the molecule is O=C1SC(=Cc2ccc(Br)cc2)C(=O)N1Cc1ccc(Br)cc1. The minimum Gasteiger partial charge on any atom is -0.268 e. The molecule has 2 aromatic carbocycles. The largest absolute Gasteiger partial charge is 0.293 e. The minimum absolute atomic E-state index is 0.235. The Bertz CT molecular complexity index is 785. The predicted molar refractivity (Wildman–Crippen MR) is 99.8 cm³/mol. The molecule has 0 N–H and O–H groups in total. The molecular formula is C17H11Br2NO2S. The Morgan fingerprint density at radius 2 is 1.48 bits per heavy atom. The number of carbonyl (C=O) groups is 2. The molecule has 1 aliphatic heterocycles. The van der Waals surface area contributed by atoms with Crippen LogP contribution in [0.4, 0.5) is 4.79 Å². The Kier molecular flexibility index (Phi) is 5.04. The summed E-state index contributed by atoms with van der Waals surface area (Å²) in [6.07, 6.45) is 1.75. The number of imide groups is 1. The molecule has 1 fully saturated rings. The number of nitrogens with zero attached hydrogens (tertiary/aromatic N) is 1. The average molecular weight is 453 g/mol. The molecule has 0 aliphatic carbocycles. The fraction of sp³-hybridized carbons (Fsp3) is 0.0588. The van der Waals surface area contributed by atoms with Crippen molar-refractivity contribution in [2.45, 2.75) is 6.54 Å². The van der Waals surface area contributed by atoms with E-state index in [4.69, 9.17) is 0 Å². The smallest absolute Gasteiger partial charge is 0.268 e. The molecule has 0 atom stereocenters. The average Bonchev–Trinajstić information content (AvgIpc) is 2.79. The van der Waals surface area contributed by atoms with Gasteiger partial charge in [0.2, 0.25) is 0 Å². The Morgan fingerprint density at radius 3 is 2.09 bits per heavy atom. The molecular weight excluding hydrogens is 442 g/mol. The van der Waals surface area contributed by atoms with Crippen molar-refractivity contribution >= 4 is 60.8 Å². The Labute approximate surface area is 155 Å². The van der Waals surface area contributed by atoms with Crippen LogP contribution in [0.25, 0.3) is 6.08 Å². The lowest BCUT2D eigenvalue weighted by atomic mass is 10.2. The third-order valence-electron chi connectivity index (χ3n) is 3.30. The molecule has 6 heteroatoms. The molecule has 2 aromatic rings. The van der Waals surface area contributed by atoms with Crippen LogP contribution in [0.3, 0.4) is 0 Å². The van der Waals surface area contributed by atoms with E-state index in [1.165, 1.54) is 4.90 Å². The highest BCUT2D eigenvalue weighted by Gasteiger charge is 2.34. The lowest BCUT2D eigenvalue weighted by molar-refractivity contribution is -0.123. The van der Waals surface area contributed by atoms with E-state index in [1.54, 1.807) is 6.08 Å². The number of hydrogen-bond donors (Lipinski definition) is 0. The van der Waals surface area contributed by atoms with E-state index >= 15 is 0 Å². The van der Waals surface area contributed by atoms with E-state index in [0.717, 1.165) is 31.8 Å². The van der Waals surface area contributed by atoms with Crippen LogP contribution in [0.1, 0.15) is 11.1 Å². The molecule has 0 bridgehead atoms. The highest BCUT2D eigenvalue weighted by Crippen LogP contribution is 2.33. The summed E-state index contributed by atoms with van der Waals surface area (Å²) in [5, 5.41) is -0.235. The van der Waals surface area contributed by atoms with Crippen LogP contribution in [0.2, 0.25) is 0 Å². The van der Waals surface area contributed by atoms with Gasteiger partial charge in [0.25, 0.3) is 11.1 Å². The molecule has 0 unspecified atom stereocenters. The van der Waals surface area contributed by atoms with Crippen molar-refractivity contribution in [3.63, 3.8) is 0 Å². The van der Waals surface area contributed by atoms with Crippen LogP contribution in [0.5, 0.6) is 0 Å². The van der Waals surface area contributed by atoms with Gasteiger partial charge >= 0.3 is 0 Å². The minimum atomic E-state index is -0.245. The second-order valence-corrected chi connectivity index (χ2v) is 7.77. The molecule has 1 saturated heterocycles. The van der Waals surface area contributed by atoms with Crippen LogP contribution in [-0.4, -0.2) is 16.0 Å². The summed E-state index contributed by atoms with van der Waals surface area (Å²) in [6, 6.07) is 15.2. The molecule has 0 saturated carbocycles. The van der Waals surface area contributed by atoms with Crippen LogP contribution < -0.4 is 0 Å². The summed E-state index contributed by atoms with van der Waals surface area (Å²) < 4.78 is 1.93. The number of benzene rings is 2. The van der Waals surface area contributed by atoms with Crippen molar-refractivity contribution in [2.75, 3.05) is 0 Å². The highest BCUT2D eigenvalue weighted by molar-refractivity contribution is 9.10. The number of halogens is 2. The van der Waals surface area contributed by atoms with Gasteiger partial charge in [0.15, 0.2) is 0 Å². The van der Waals surface area contributed by atoms with Crippen molar-refractivity contribution in [3.8, 4) is 0 Å². The molecule has 1 aliphatic rings. The molecule has 3 rings (SSSR count). The zero-order chi connectivity index (χ0) is 16.4. The van der Waals surface area contributed by atoms with Gasteiger partial charge in [-0.05, 0) is 53.2 Å². The summed E-state index contributed by atoms with van der Waals surface area (Å²) in [4.78, 5) is 26.3. The first-order valence-electron chi connectivity index (χ1n) is 6.78. The monoisotopic (exact) mass is 451 g/mol. The van der Waals surface area contributed by atoms with Crippen molar-refractivity contribution in [3.05, 3.63) is 73.5 Å². The topological polar surface area (TPSA) is 37.4 Å². The van der Waals surface area contributed by atoms with Crippen LogP contribution in [0, 0.1) is 0 Å². The summed E-state index contributed by atoms with van der Waals surface area (Å²) in [7, 11) is 0. The van der Waals surface area contributed by atoms with Gasteiger partial charge in [0, 0.05) is 8.95 Å². The summed E-state index contributed by atoms with van der Waals surface area (Å²) in [5.41, 5.74) is 1.81. The predicted octanol–water partition coefficient (Wildman–Crippen LogP) is 5.45. The van der Waals surface area contributed by atoms with E-state index in [-0.39, 0.29) is 17.7 Å². The molecule has 0 radical (unpaired) electrons. The zero-order valence-electron chi connectivity index (χ0n) is 11.8. The molecule has 23 heavy (non-hydrogen) atoms. The van der Waals surface area contributed by atoms with Crippen LogP contribution >= 0.6 is 43.6 Å². The van der Waals surface area contributed by atoms with Crippen molar-refractivity contribution in [1.82, 2.24) is 4.90 Å². The van der Waals surface area contributed by atoms with Gasteiger partial charge in [-0.3, -0.25) is 14.5 Å². The number of thioether (sulfide) groups is 1. The van der Waals surface area contributed by atoms with Gasteiger partial charge in [-0.1, -0.05) is 56.1 Å². The normalized spacial score (nSPS) is 16.4. The maximum Gasteiger partial charge on any atom is 0.293 e. The first kappa shape index (κ1) is 16.5. The van der Waals surface area contributed by atoms with E-state index in [0.29, 0.717) is 4.91 Å². The Hall–Kier alpha value is -1.37. The van der Waals surface area contributed by atoms with Gasteiger partial charge in [-0.25, -0.2) is 0 Å². The molecule has 0 spiro atoms. The van der Waals surface area contributed by atoms with Crippen molar-refractivity contribution < 1.29 is 9.59 Å². The van der Waals surface area contributed by atoms with Crippen LogP contribution in [-0.2, 0) is 11.3 Å². The molecule has 3 nitrogen and oxygen atoms in total. The second-order valence-electron chi connectivity index (χ2n) is 4.95. The quantitative estimate of drug-likeness (QED) is 0.581. The van der Waals surface area contributed by atoms with Crippen molar-refractivity contribution in [1.29, 1.82) is 0 Å². The Morgan fingerprint density at radius 1 is 0.913 bits per heavy atom. The fourth-order valence-corrected chi connectivity index (χ4v) is 3.49. The summed E-state index contributed by atoms with van der Waals surface area (Å²) in [6.45, 7) is 0.287. The zero-order valence-corrected chi connectivity index (χ0v) is 15.8. The van der Waals surface area contributed by atoms with Gasteiger partial charge in [0.05, 0.1) is 11.4 Å². The number of carbonyl (C=O) groups excluding carboxylic acids is 2. The standard InChI is InChI=1S/C17H11Br2NO2S/c18-13-5-1-11(2-6-13)9-15-16(21)20(17(22)23-15)10-12-3-7-14(19)8-4-12/h1-9H,10H2. The lowest BCUT2D eigenvalue weighted by Gasteiger charge is -2.12. The van der Waals surface area contributed by atoms with E-state index in [2.05, 4.69) is 31.9 Å². The van der Waals surface area contributed by atoms with Crippen molar-refractivity contribution in [2.24, 2.45) is 0 Å². The first-order chi connectivity index (χ1) is 11.0. The van der Waals surface area contributed by atoms with E-state index < -0.39 is 0 Å². The van der Waals surface area contributed by atoms with Gasteiger partial charge < -0.3 is 0 Å². The highest BCUT2D eigenvalue weighted by atomic mass is 79.9. The molecule has 2 amide bonds. The van der Waals surface area contributed by atoms with E-state index in [1.807, 2.05) is 48.5 Å².